The number of hydrogen-bond donors (Lipinski definition) is 2. The van der Waals surface area contributed by atoms with Crippen molar-refractivity contribution in [3.63, 3.8) is 0 Å². The molecule has 1 aliphatic rings. The molecule has 0 bridgehead atoms. The maximum Gasteiger partial charge on any atom is 0.405 e. The van der Waals surface area contributed by atoms with Crippen molar-refractivity contribution in [3.8, 4) is 0 Å². The van der Waals surface area contributed by atoms with Gasteiger partial charge in [-0.05, 0) is 18.8 Å². The lowest BCUT2D eigenvalue weighted by atomic mass is 9.72. The smallest absolute Gasteiger partial charge is 0.405 e. The second kappa shape index (κ2) is 3.56. The van der Waals surface area contributed by atoms with Gasteiger partial charge in [0.15, 0.2) is 5.78 Å². The molecule has 2 atom stereocenters. The zero-order valence-electron chi connectivity index (χ0n) is 7.04. The summed E-state index contributed by atoms with van der Waals surface area (Å²) in [5.74, 6) is 0.557. The van der Waals surface area contributed by atoms with Crippen LogP contribution >= 0.6 is 0 Å². The highest BCUT2D eigenvalue weighted by molar-refractivity contribution is 5.86. The van der Waals surface area contributed by atoms with E-state index in [2.05, 4.69) is 5.32 Å². The molecule has 0 saturated heterocycles. The number of hydrogen-bond acceptors (Lipinski definition) is 2. The Morgan fingerprint density at radius 1 is 1.50 bits per heavy atom. The van der Waals surface area contributed by atoms with Gasteiger partial charge in [0.05, 0.1) is 6.54 Å². The van der Waals surface area contributed by atoms with Crippen molar-refractivity contribution in [2.75, 3.05) is 6.54 Å². The van der Waals surface area contributed by atoms with E-state index in [0.717, 1.165) is 12.8 Å². The van der Waals surface area contributed by atoms with Crippen LogP contribution in [0.1, 0.15) is 19.8 Å². The molecule has 0 aromatic rings. The van der Waals surface area contributed by atoms with Crippen molar-refractivity contribution in [3.05, 3.63) is 0 Å². The van der Waals surface area contributed by atoms with Gasteiger partial charge in [-0.3, -0.25) is 4.79 Å². The summed E-state index contributed by atoms with van der Waals surface area (Å²) in [4.78, 5) is 21.3. The number of nitrogens with one attached hydrogen (secondary N) is 1. The van der Waals surface area contributed by atoms with Crippen molar-refractivity contribution >= 4 is 11.9 Å². The number of amides is 1. The molecule has 4 heteroatoms. The van der Waals surface area contributed by atoms with Crippen molar-refractivity contribution in [2.45, 2.75) is 19.8 Å². The van der Waals surface area contributed by atoms with Crippen LogP contribution in [0.5, 0.6) is 0 Å². The Morgan fingerprint density at radius 3 is 2.50 bits per heavy atom. The second-order valence-electron chi connectivity index (χ2n) is 3.29. The van der Waals surface area contributed by atoms with Crippen LogP contribution in [0.2, 0.25) is 0 Å². The Hall–Kier alpha value is -1.06. The molecule has 1 rings (SSSR count). The molecule has 0 radical (unpaired) electrons. The summed E-state index contributed by atoms with van der Waals surface area (Å²) in [5, 5.41) is 10.3. The van der Waals surface area contributed by atoms with Gasteiger partial charge in [0.1, 0.15) is 0 Å². The molecular weight excluding hydrogens is 158 g/mol. The van der Waals surface area contributed by atoms with Crippen LogP contribution in [0, 0.1) is 11.8 Å². The van der Waals surface area contributed by atoms with E-state index in [-0.39, 0.29) is 18.2 Å². The first-order chi connectivity index (χ1) is 5.61. The van der Waals surface area contributed by atoms with Gasteiger partial charge in [0.25, 0.3) is 0 Å². The van der Waals surface area contributed by atoms with Crippen LogP contribution in [-0.4, -0.2) is 23.5 Å². The maximum absolute atomic E-state index is 11.2. The van der Waals surface area contributed by atoms with Gasteiger partial charge in [-0.25, -0.2) is 4.79 Å². The largest absolute Gasteiger partial charge is 0.465 e. The summed E-state index contributed by atoms with van der Waals surface area (Å²) < 4.78 is 0. The molecule has 0 aromatic carbocycles. The predicted molar refractivity (Wildman–Crippen MR) is 42.9 cm³/mol. The molecule has 0 aliphatic heterocycles. The van der Waals surface area contributed by atoms with Crippen molar-refractivity contribution in [1.29, 1.82) is 0 Å². The Morgan fingerprint density at radius 2 is 2.17 bits per heavy atom. The van der Waals surface area contributed by atoms with E-state index in [4.69, 9.17) is 5.11 Å². The Bertz CT molecular complexity index is 202. The maximum atomic E-state index is 11.2. The van der Waals surface area contributed by atoms with Crippen LogP contribution in [0.4, 0.5) is 4.79 Å². The summed E-state index contributed by atoms with van der Waals surface area (Å²) in [5.41, 5.74) is 0. The van der Waals surface area contributed by atoms with E-state index in [1.807, 2.05) is 6.92 Å². The molecule has 0 aromatic heterocycles. The van der Waals surface area contributed by atoms with Crippen LogP contribution < -0.4 is 5.32 Å². The molecular formula is C8H13NO3. The fourth-order valence-electron chi connectivity index (χ4n) is 1.44. The Labute approximate surface area is 71.0 Å². The highest BCUT2D eigenvalue weighted by Crippen LogP contribution is 2.33. The second-order valence-corrected chi connectivity index (χ2v) is 3.29. The van der Waals surface area contributed by atoms with E-state index in [1.165, 1.54) is 0 Å². The standard InChI is InChI=1S/C8H13NO3/c1-5-2-3-6(5)7(10)4-9-8(11)12/h5-6,9H,2-4H2,1H3,(H,11,12). The summed E-state index contributed by atoms with van der Waals surface area (Å²) >= 11 is 0. The zero-order valence-corrected chi connectivity index (χ0v) is 7.04. The first-order valence-electron chi connectivity index (χ1n) is 4.10. The first-order valence-corrected chi connectivity index (χ1v) is 4.10. The van der Waals surface area contributed by atoms with Gasteiger partial charge in [0.2, 0.25) is 0 Å². The van der Waals surface area contributed by atoms with Crippen LogP contribution in [0.15, 0.2) is 0 Å². The molecule has 68 valence electrons. The zero-order chi connectivity index (χ0) is 9.14. The lowest BCUT2D eigenvalue weighted by molar-refractivity contribution is -0.126. The third-order valence-electron chi connectivity index (χ3n) is 2.45. The predicted octanol–water partition coefficient (Wildman–Crippen LogP) is 0.869. The minimum atomic E-state index is -1.13. The minimum absolute atomic E-state index is 0.0242. The molecule has 2 N–H and O–H groups in total. The van der Waals surface area contributed by atoms with Gasteiger partial charge < -0.3 is 10.4 Å². The van der Waals surface area contributed by atoms with Gasteiger partial charge in [0, 0.05) is 5.92 Å². The van der Waals surface area contributed by atoms with E-state index < -0.39 is 6.09 Å². The van der Waals surface area contributed by atoms with Gasteiger partial charge in [-0.15, -0.1) is 0 Å². The summed E-state index contributed by atoms with van der Waals surface area (Å²) in [6.45, 7) is 1.98. The third-order valence-corrected chi connectivity index (χ3v) is 2.45. The average molecular weight is 171 g/mol. The molecule has 1 saturated carbocycles. The fourth-order valence-corrected chi connectivity index (χ4v) is 1.44. The molecule has 1 amide bonds. The van der Waals surface area contributed by atoms with Gasteiger partial charge >= 0.3 is 6.09 Å². The number of ketones is 1. The highest BCUT2D eigenvalue weighted by atomic mass is 16.4. The van der Waals surface area contributed by atoms with Crippen molar-refractivity contribution < 1.29 is 14.7 Å². The first kappa shape index (κ1) is 9.03. The van der Waals surface area contributed by atoms with E-state index in [0.29, 0.717) is 5.92 Å². The van der Waals surface area contributed by atoms with Crippen LogP contribution in [0.3, 0.4) is 0 Å². The number of Topliss-reactive ketones (excluding diaryl/α,β-unsaturated/α-hetero) is 1. The number of rotatable bonds is 3. The molecule has 0 spiro atoms. The number of carboxylic acid groups (broad SMARTS) is 1. The van der Waals surface area contributed by atoms with Gasteiger partial charge in [-0.2, -0.15) is 0 Å². The summed E-state index contributed by atoms with van der Waals surface area (Å²) in [7, 11) is 0. The number of carbonyl (C=O) groups is 2. The quantitative estimate of drug-likeness (QED) is 0.662. The Kier molecular flexibility index (Phi) is 2.68. The van der Waals surface area contributed by atoms with E-state index in [9.17, 15) is 9.59 Å². The van der Waals surface area contributed by atoms with E-state index in [1.54, 1.807) is 0 Å². The lowest BCUT2D eigenvalue weighted by Crippen LogP contribution is -2.38. The number of carbonyl (C=O) groups excluding carboxylic acids is 1. The fraction of sp³-hybridized carbons (Fsp3) is 0.750. The molecule has 0 heterocycles. The normalized spacial score (nSPS) is 27.4. The topological polar surface area (TPSA) is 66.4 Å². The average Bonchev–Trinajstić information content (AvgIpc) is 1.98. The van der Waals surface area contributed by atoms with Gasteiger partial charge in [-0.1, -0.05) is 6.92 Å². The molecule has 12 heavy (non-hydrogen) atoms. The SMILES string of the molecule is CC1CCC1C(=O)CNC(=O)O. The summed E-state index contributed by atoms with van der Waals surface area (Å²) in [6.07, 6.45) is 0.875. The van der Waals surface area contributed by atoms with E-state index >= 15 is 0 Å². The molecule has 1 fully saturated rings. The molecule has 4 nitrogen and oxygen atoms in total. The molecule has 1 aliphatic carbocycles. The highest BCUT2D eigenvalue weighted by Gasteiger charge is 2.32. The third kappa shape index (κ3) is 1.96. The summed E-state index contributed by atoms with van der Waals surface area (Å²) in [6, 6.07) is 0. The Balaban J connectivity index is 2.24. The van der Waals surface area contributed by atoms with Crippen molar-refractivity contribution in [1.82, 2.24) is 5.32 Å². The van der Waals surface area contributed by atoms with Crippen LogP contribution in [0.25, 0.3) is 0 Å². The van der Waals surface area contributed by atoms with Crippen molar-refractivity contribution in [2.24, 2.45) is 11.8 Å². The molecule has 2 unspecified atom stereocenters. The lowest BCUT2D eigenvalue weighted by Gasteiger charge is -2.32. The minimum Gasteiger partial charge on any atom is -0.465 e. The monoisotopic (exact) mass is 171 g/mol. The van der Waals surface area contributed by atoms with Crippen LogP contribution in [-0.2, 0) is 4.79 Å².